The molecule has 5 heteroatoms. The predicted octanol–water partition coefficient (Wildman–Crippen LogP) is 2.84. The van der Waals surface area contributed by atoms with Crippen molar-refractivity contribution in [2.75, 3.05) is 0 Å². The van der Waals surface area contributed by atoms with E-state index >= 15 is 0 Å². The first kappa shape index (κ1) is 11.7. The van der Waals surface area contributed by atoms with Gasteiger partial charge in [0.05, 0.1) is 0 Å². The van der Waals surface area contributed by atoms with E-state index in [1.165, 1.54) is 12.1 Å². The topological polar surface area (TPSA) is 22.0 Å². The van der Waals surface area contributed by atoms with Crippen LogP contribution in [0.2, 0.25) is 5.02 Å². The molecule has 3 rings (SSSR count). The zero-order valence-corrected chi connectivity index (χ0v) is 11.5. The van der Waals surface area contributed by atoms with Crippen molar-refractivity contribution in [1.29, 1.82) is 0 Å². The van der Waals surface area contributed by atoms with Crippen LogP contribution in [0.5, 0.6) is 0 Å². The average molecular weight is 327 g/mol. The third kappa shape index (κ3) is 1.83. The Kier molecular flexibility index (Phi) is 2.86. The Morgan fingerprint density at radius 3 is 2.67 bits per heavy atom. The number of fused-ring (bicyclic) bond motifs is 1. The number of hydrogen-bond donors (Lipinski definition) is 0. The van der Waals surface area contributed by atoms with Gasteiger partial charge in [-0.2, -0.15) is 0 Å². The Morgan fingerprint density at radius 2 is 1.94 bits per heavy atom. The van der Waals surface area contributed by atoms with Crippen LogP contribution in [0.4, 0.5) is 4.39 Å². The molecule has 1 aromatic heterocycles. The molecule has 0 saturated carbocycles. The monoisotopic (exact) mass is 327 g/mol. The molecule has 2 aromatic carbocycles. The van der Waals surface area contributed by atoms with Gasteiger partial charge < -0.3 is 0 Å². The summed E-state index contributed by atoms with van der Waals surface area (Å²) in [6.45, 7) is 0. The SMILES string of the molecule is O=c1c2ccccc2[se]n1-c1ccc(Cl)c(F)c1. The summed E-state index contributed by atoms with van der Waals surface area (Å²) in [6.07, 6.45) is 0. The molecule has 90 valence electrons. The summed E-state index contributed by atoms with van der Waals surface area (Å²) in [5, 5.41) is 0.767. The summed E-state index contributed by atoms with van der Waals surface area (Å²) in [6, 6.07) is 11.9. The van der Waals surface area contributed by atoms with Gasteiger partial charge in [0.2, 0.25) is 0 Å². The van der Waals surface area contributed by atoms with E-state index in [0.717, 1.165) is 4.26 Å². The Hall–Kier alpha value is -1.35. The van der Waals surface area contributed by atoms with E-state index in [4.69, 9.17) is 11.6 Å². The number of halogens is 2. The fraction of sp³-hybridized carbons (Fsp3) is 0. The van der Waals surface area contributed by atoms with Crippen LogP contribution < -0.4 is 5.56 Å². The third-order valence-corrected chi connectivity index (χ3v) is 5.27. The van der Waals surface area contributed by atoms with Crippen molar-refractivity contribution in [3.8, 4) is 5.69 Å². The molecule has 0 atom stereocenters. The maximum absolute atomic E-state index is 13.4. The van der Waals surface area contributed by atoms with Gasteiger partial charge in [-0.1, -0.05) is 0 Å². The summed E-state index contributed by atoms with van der Waals surface area (Å²) in [5.74, 6) is -0.506. The quantitative estimate of drug-likeness (QED) is 0.630. The first-order chi connectivity index (χ1) is 8.66. The minimum absolute atomic E-state index is 0.0652. The molecular formula is C13H7ClFNOSe. The van der Waals surface area contributed by atoms with Crippen molar-refractivity contribution >= 4 is 36.0 Å². The molecule has 3 aromatic rings. The second-order valence-electron chi connectivity index (χ2n) is 3.79. The van der Waals surface area contributed by atoms with Gasteiger partial charge in [-0.15, -0.1) is 0 Å². The molecule has 1 heterocycles. The van der Waals surface area contributed by atoms with Crippen molar-refractivity contribution in [1.82, 2.24) is 3.56 Å². The Bertz CT molecular complexity index is 793. The van der Waals surface area contributed by atoms with E-state index in [9.17, 15) is 9.18 Å². The van der Waals surface area contributed by atoms with Crippen LogP contribution in [-0.4, -0.2) is 18.3 Å². The van der Waals surface area contributed by atoms with Crippen molar-refractivity contribution in [2.24, 2.45) is 0 Å². The summed E-state index contributed by atoms with van der Waals surface area (Å²) in [4.78, 5) is 12.2. The van der Waals surface area contributed by atoms with E-state index in [-0.39, 0.29) is 25.3 Å². The van der Waals surface area contributed by atoms with Crippen molar-refractivity contribution in [3.63, 3.8) is 0 Å². The number of hydrogen-bond acceptors (Lipinski definition) is 1. The van der Waals surface area contributed by atoms with Crippen LogP contribution in [-0.2, 0) is 0 Å². The molecule has 0 radical (unpaired) electrons. The van der Waals surface area contributed by atoms with E-state index in [2.05, 4.69) is 0 Å². The van der Waals surface area contributed by atoms with Crippen LogP contribution in [0.1, 0.15) is 0 Å². The Labute approximate surface area is 113 Å². The van der Waals surface area contributed by atoms with E-state index in [0.29, 0.717) is 11.1 Å². The molecule has 0 fully saturated rings. The molecule has 0 aliphatic rings. The van der Waals surface area contributed by atoms with Gasteiger partial charge in [0.1, 0.15) is 0 Å². The summed E-state index contributed by atoms with van der Waals surface area (Å²) >= 11 is 5.49. The van der Waals surface area contributed by atoms with Gasteiger partial charge in [0, 0.05) is 0 Å². The standard InChI is InChI=1S/C13H7ClFNOSe/c14-10-6-5-8(7-11(10)15)16-13(17)9-3-1-2-4-12(9)18-16/h1-7H. The van der Waals surface area contributed by atoms with Crippen LogP contribution in [0.25, 0.3) is 15.3 Å². The number of benzene rings is 2. The van der Waals surface area contributed by atoms with Crippen LogP contribution in [0.3, 0.4) is 0 Å². The molecule has 0 spiro atoms. The second kappa shape index (κ2) is 4.39. The first-order valence-electron chi connectivity index (χ1n) is 5.23. The average Bonchev–Trinajstić information content (AvgIpc) is 2.71. The molecule has 18 heavy (non-hydrogen) atoms. The van der Waals surface area contributed by atoms with Gasteiger partial charge in [0.25, 0.3) is 0 Å². The van der Waals surface area contributed by atoms with Gasteiger partial charge in [-0.05, 0) is 0 Å². The molecular weight excluding hydrogens is 320 g/mol. The Balaban J connectivity index is 2.28. The zero-order valence-electron chi connectivity index (χ0n) is 9.06. The number of aromatic nitrogens is 1. The summed E-state index contributed by atoms with van der Waals surface area (Å²) in [7, 11) is 0. The predicted molar refractivity (Wildman–Crippen MR) is 71.5 cm³/mol. The fourth-order valence-corrected chi connectivity index (χ4v) is 3.95. The van der Waals surface area contributed by atoms with Crippen molar-refractivity contribution in [3.05, 3.63) is 63.7 Å². The molecule has 0 N–H and O–H groups in total. The summed E-state index contributed by atoms with van der Waals surface area (Å²) in [5.41, 5.74) is 0.477. The third-order valence-electron chi connectivity index (χ3n) is 2.63. The van der Waals surface area contributed by atoms with Crippen LogP contribution >= 0.6 is 11.6 Å². The van der Waals surface area contributed by atoms with Gasteiger partial charge >= 0.3 is 113 Å². The van der Waals surface area contributed by atoms with Crippen molar-refractivity contribution < 1.29 is 4.39 Å². The zero-order chi connectivity index (χ0) is 12.7. The van der Waals surface area contributed by atoms with E-state index in [1.807, 2.05) is 18.2 Å². The molecule has 0 amide bonds. The minimum atomic E-state index is -0.506. The fourth-order valence-electron chi connectivity index (χ4n) is 1.75. The maximum atomic E-state index is 13.4. The first-order valence-corrected chi connectivity index (χ1v) is 7.23. The van der Waals surface area contributed by atoms with Gasteiger partial charge in [-0.3, -0.25) is 0 Å². The van der Waals surface area contributed by atoms with Crippen LogP contribution in [0.15, 0.2) is 47.3 Å². The molecule has 0 aliphatic heterocycles. The van der Waals surface area contributed by atoms with E-state index < -0.39 is 5.82 Å². The summed E-state index contributed by atoms with van der Waals surface area (Å²) < 4.78 is 16.1. The molecule has 0 bridgehead atoms. The normalized spacial score (nSPS) is 11.0. The molecule has 2 nitrogen and oxygen atoms in total. The Morgan fingerprint density at radius 1 is 1.17 bits per heavy atom. The molecule has 0 unspecified atom stereocenters. The molecule has 0 saturated heterocycles. The van der Waals surface area contributed by atoms with Gasteiger partial charge in [0.15, 0.2) is 0 Å². The molecule has 0 aliphatic carbocycles. The van der Waals surface area contributed by atoms with Gasteiger partial charge in [-0.25, -0.2) is 0 Å². The second-order valence-corrected chi connectivity index (χ2v) is 6.26. The number of nitrogens with zero attached hydrogens (tertiary/aromatic N) is 1. The van der Waals surface area contributed by atoms with Crippen LogP contribution in [0, 0.1) is 5.82 Å². The van der Waals surface area contributed by atoms with E-state index in [1.54, 1.807) is 15.7 Å². The number of rotatable bonds is 1. The van der Waals surface area contributed by atoms with Crippen molar-refractivity contribution in [2.45, 2.75) is 0 Å².